The van der Waals surface area contributed by atoms with Crippen LogP contribution in [-0.2, 0) is 0 Å². The fraction of sp³-hybridized carbons (Fsp3) is 0.412. The van der Waals surface area contributed by atoms with E-state index in [2.05, 4.69) is 55.5 Å². The largest absolute Gasteiger partial charge is 0.0848 e. The average molecular weight is 222 g/mol. The summed E-state index contributed by atoms with van der Waals surface area (Å²) in [5.74, 6) is 4.68. The highest BCUT2D eigenvalue weighted by Gasteiger charge is 2.61. The lowest BCUT2D eigenvalue weighted by Gasteiger charge is -2.05. The summed E-state index contributed by atoms with van der Waals surface area (Å²) in [4.78, 5) is 0. The molecule has 0 heterocycles. The first kappa shape index (κ1) is 9.70. The van der Waals surface area contributed by atoms with E-state index in [1.807, 2.05) is 0 Å². The molecule has 3 aliphatic rings. The van der Waals surface area contributed by atoms with E-state index in [0.717, 1.165) is 29.6 Å². The number of allylic oxidation sites excluding steroid dienone is 3. The second-order valence-corrected chi connectivity index (χ2v) is 5.90. The molecule has 4 rings (SSSR count). The van der Waals surface area contributed by atoms with Crippen LogP contribution in [0.1, 0.15) is 17.5 Å². The zero-order valence-corrected chi connectivity index (χ0v) is 10.2. The minimum Gasteiger partial charge on any atom is -0.0848 e. The fourth-order valence-corrected chi connectivity index (χ4v) is 4.10. The SMILES string of the molecule is Cc1ccccc1/C=C/C1[C@@H]2[C@H]1[C@H]1C=C[C@@H]2C1. The second-order valence-electron chi connectivity index (χ2n) is 5.90. The minimum atomic E-state index is 0.869. The summed E-state index contributed by atoms with van der Waals surface area (Å²) in [7, 11) is 0. The summed E-state index contributed by atoms with van der Waals surface area (Å²) in [5.41, 5.74) is 2.77. The summed E-state index contributed by atoms with van der Waals surface area (Å²) >= 11 is 0. The molecule has 2 bridgehead atoms. The van der Waals surface area contributed by atoms with Gasteiger partial charge in [0.1, 0.15) is 0 Å². The standard InChI is InChI=1S/C17H18/c1-11-4-2-3-5-12(11)8-9-15-16-13-6-7-14(10-13)17(15)16/h2-9,13-17H,10H2,1H3/b9-8+/t13-,14+,15?,16-,17+. The van der Waals surface area contributed by atoms with Crippen LogP contribution in [0.2, 0.25) is 0 Å². The van der Waals surface area contributed by atoms with Crippen LogP contribution in [0.15, 0.2) is 42.5 Å². The maximum atomic E-state index is 2.48. The van der Waals surface area contributed by atoms with E-state index >= 15 is 0 Å². The van der Waals surface area contributed by atoms with E-state index in [1.165, 1.54) is 17.5 Å². The number of aryl methyl sites for hydroxylation is 1. The van der Waals surface area contributed by atoms with Crippen LogP contribution in [0.4, 0.5) is 0 Å². The highest BCUT2D eigenvalue weighted by Crippen LogP contribution is 2.67. The predicted molar refractivity (Wildman–Crippen MR) is 71.4 cm³/mol. The van der Waals surface area contributed by atoms with Crippen LogP contribution < -0.4 is 0 Å². The zero-order valence-electron chi connectivity index (χ0n) is 10.2. The van der Waals surface area contributed by atoms with Crippen molar-refractivity contribution in [3.05, 3.63) is 53.6 Å². The lowest BCUT2D eigenvalue weighted by Crippen LogP contribution is -1.96. The molecule has 3 aliphatic carbocycles. The molecule has 0 amide bonds. The van der Waals surface area contributed by atoms with Crippen LogP contribution in [-0.4, -0.2) is 0 Å². The third-order valence-corrected chi connectivity index (χ3v) is 5.02. The first-order chi connectivity index (χ1) is 8.34. The molecule has 0 aliphatic heterocycles. The third-order valence-electron chi connectivity index (χ3n) is 5.02. The van der Waals surface area contributed by atoms with Crippen molar-refractivity contribution in [3.63, 3.8) is 0 Å². The van der Waals surface area contributed by atoms with Crippen molar-refractivity contribution in [3.8, 4) is 0 Å². The van der Waals surface area contributed by atoms with Gasteiger partial charge >= 0.3 is 0 Å². The number of fused-ring (bicyclic) bond motifs is 5. The van der Waals surface area contributed by atoms with E-state index in [-0.39, 0.29) is 0 Å². The van der Waals surface area contributed by atoms with E-state index in [1.54, 1.807) is 0 Å². The van der Waals surface area contributed by atoms with Gasteiger partial charge in [0.15, 0.2) is 0 Å². The number of hydrogen-bond donors (Lipinski definition) is 0. The Morgan fingerprint density at radius 3 is 2.47 bits per heavy atom. The molecule has 1 aromatic carbocycles. The van der Waals surface area contributed by atoms with Crippen molar-refractivity contribution in [1.29, 1.82) is 0 Å². The average Bonchev–Trinajstić information content (AvgIpc) is 2.74. The molecular weight excluding hydrogens is 204 g/mol. The summed E-state index contributed by atoms with van der Waals surface area (Å²) < 4.78 is 0. The Bertz CT molecular complexity index is 491. The third kappa shape index (κ3) is 1.36. The van der Waals surface area contributed by atoms with E-state index in [0.29, 0.717) is 0 Å². The van der Waals surface area contributed by atoms with E-state index < -0.39 is 0 Å². The monoisotopic (exact) mass is 222 g/mol. The van der Waals surface area contributed by atoms with Crippen molar-refractivity contribution >= 4 is 6.08 Å². The lowest BCUT2D eigenvalue weighted by atomic mass is 10.00. The van der Waals surface area contributed by atoms with Gasteiger partial charge in [-0.1, -0.05) is 48.6 Å². The maximum Gasteiger partial charge on any atom is -0.0156 e. The zero-order chi connectivity index (χ0) is 11.4. The second kappa shape index (κ2) is 3.35. The van der Waals surface area contributed by atoms with Gasteiger partial charge in [-0.05, 0) is 54.1 Å². The molecule has 1 unspecified atom stereocenters. The topological polar surface area (TPSA) is 0 Å². The number of rotatable bonds is 2. The molecule has 2 fully saturated rings. The van der Waals surface area contributed by atoms with Gasteiger partial charge in [0.2, 0.25) is 0 Å². The quantitative estimate of drug-likeness (QED) is 0.661. The highest BCUT2D eigenvalue weighted by molar-refractivity contribution is 5.54. The molecule has 0 radical (unpaired) electrons. The Morgan fingerprint density at radius 2 is 1.76 bits per heavy atom. The maximum absolute atomic E-state index is 2.48. The van der Waals surface area contributed by atoms with Crippen molar-refractivity contribution in [2.75, 3.05) is 0 Å². The Kier molecular flexibility index (Phi) is 1.91. The first-order valence-electron chi connectivity index (χ1n) is 6.77. The molecule has 1 aromatic rings. The first-order valence-corrected chi connectivity index (χ1v) is 6.77. The van der Waals surface area contributed by atoms with E-state index in [9.17, 15) is 0 Å². The highest BCUT2D eigenvalue weighted by atomic mass is 14.7. The van der Waals surface area contributed by atoms with Crippen molar-refractivity contribution in [1.82, 2.24) is 0 Å². The van der Waals surface area contributed by atoms with Gasteiger partial charge in [-0.2, -0.15) is 0 Å². The van der Waals surface area contributed by atoms with Gasteiger partial charge in [-0.15, -0.1) is 0 Å². The minimum absolute atomic E-state index is 0.869. The van der Waals surface area contributed by atoms with Gasteiger partial charge in [-0.3, -0.25) is 0 Å². The smallest absolute Gasteiger partial charge is 0.0156 e. The van der Waals surface area contributed by atoms with Crippen molar-refractivity contribution in [2.24, 2.45) is 29.6 Å². The molecular formula is C17H18. The Hall–Kier alpha value is -1.30. The van der Waals surface area contributed by atoms with Crippen molar-refractivity contribution < 1.29 is 0 Å². The molecule has 0 aromatic heterocycles. The molecule has 0 spiro atoms. The summed E-state index contributed by atoms with van der Waals surface area (Å²) in [6.07, 6.45) is 11.2. The molecule has 2 saturated carbocycles. The van der Waals surface area contributed by atoms with Crippen LogP contribution in [0.25, 0.3) is 6.08 Å². The Balaban J connectivity index is 1.52. The predicted octanol–water partition coefficient (Wildman–Crippen LogP) is 4.08. The van der Waals surface area contributed by atoms with Gasteiger partial charge in [0.25, 0.3) is 0 Å². The summed E-state index contributed by atoms with van der Waals surface area (Å²) in [6.45, 7) is 2.19. The normalized spacial score (nSPS) is 41.1. The fourth-order valence-electron chi connectivity index (χ4n) is 4.10. The lowest BCUT2D eigenvalue weighted by molar-refractivity contribution is 0.530. The molecule has 0 saturated heterocycles. The van der Waals surface area contributed by atoms with Gasteiger partial charge < -0.3 is 0 Å². The van der Waals surface area contributed by atoms with Gasteiger partial charge in [0.05, 0.1) is 0 Å². The van der Waals surface area contributed by atoms with Crippen LogP contribution in [0.5, 0.6) is 0 Å². The molecule has 0 N–H and O–H groups in total. The molecule has 0 heteroatoms. The Labute approximate surface area is 103 Å². The van der Waals surface area contributed by atoms with Crippen LogP contribution >= 0.6 is 0 Å². The summed E-state index contributed by atoms with van der Waals surface area (Å²) in [6, 6.07) is 8.66. The van der Waals surface area contributed by atoms with Gasteiger partial charge in [0, 0.05) is 0 Å². The molecule has 86 valence electrons. The van der Waals surface area contributed by atoms with E-state index in [4.69, 9.17) is 0 Å². The Morgan fingerprint density at radius 1 is 1.06 bits per heavy atom. The van der Waals surface area contributed by atoms with Crippen LogP contribution in [0, 0.1) is 36.5 Å². The molecule has 0 nitrogen and oxygen atoms in total. The molecule has 5 atom stereocenters. The number of hydrogen-bond acceptors (Lipinski definition) is 0. The van der Waals surface area contributed by atoms with Crippen molar-refractivity contribution in [2.45, 2.75) is 13.3 Å². The van der Waals surface area contributed by atoms with Gasteiger partial charge in [-0.25, -0.2) is 0 Å². The van der Waals surface area contributed by atoms with Crippen LogP contribution in [0.3, 0.4) is 0 Å². The number of benzene rings is 1. The molecule has 17 heavy (non-hydrogen) atoms. The summed E-state index contributed by atoms with van der Waals surface area (Å²) in [5, 5.41) is 0.